The summed E-state index contributed by atoms with van der Waals surface area (Å²) in [6.45, 7) is 9.44. The molecule has 3 heteroatoms. The lowest BCUT2D eigenvalue weighted by Crippen LogP contribution is -2.39. The molecule has 0 heterocycles. The molecule has 0 aliphatic rings. The lowest BCUT2D eigenvalue weighted by atomic mass is 9.80. The summed E-state index contributed by atoms with van der Waals surface area (Å²) < 4.78 is 0. The first-order valence-electron chi connectivity index (χ1n) is 5.56. The molecular weight excluding hydrogens is 214 g/mol. The van der Waals surface area contributed by atoms with Gasteiger partial charge in [0.05, 0.1) is 5.56 Å². The predicted molar refractivity (Wildman–Crippen MR) is 69.0 cm³/mol. The fraction of sp³-hybridized carbons (Fsp3) is 0.357. The van der Waals surface area contributed by atoms with Crippen molar-refractivity contribution in [3.63, 3.8) is 0 Å². The van der Waals surface area contributed by atoms with Crippen LogP contribution in [0.1, 0.15) is 35.3 Å². The second kappa shape index (κ2) is 4.72. The molecule has 0 spiro atoms. The van der Waals surface area contributed by atoms with E-state index in [1.165, 1.54) is 0 Å². The van der Waals surface area contributed by atoms with Crippen molar-refractivity contribution in [1.82, 2.24) is 0 Å². The highest BCUT2D eigenvalue weighted by Gasteiger charge is 2.27. The first kappa shape index (κ1) is 13.5. The molecule has 0 saturated heterocycles. The predicted octanol–water partition coefficient (Wildman–Crippen LogP) is 2.69. The molecule has 0 aromatic heterocycles. The number of aryl methyl sites for hydroxylation is 1. The Morgan fingerprint density at radius 2 is 2.18 bits per heavy atom. The van der Waals surface area contributed by atoms with E-state index in [0.717, 1.165) is 11.1 Å². The van der Waals surface area contributed by atoms with Crippen LogP contribution in [-0.2, 0) is 5.54 Å². The Kier molecular flexibility index (Phi) is 3.73. The summed E-state index contributed by atoms with van der Waals surface area (Å²) in [5.74, 6) is -0.804. The molecule has 3 nitrogen and oxygen atoms in total. The molecule has 3 N–H and O–H groups in total. The van der Waals surface area contributed by atoms with Crippen molar-refractivity contribution in [3.05, 3.63) is 47.5 Å². The summed E-state index contributed by atoms with van der Waals surface area (Å²) in [7, 11) is 0. The van der Waals surface area contributed by atoms with Crippen LogP contribution in [0.4, 0.5) is 0 Å². The highest BCUT2D eigenvalue weighted by Crippen LogP contribution is 2.28. The van der Waals surface area contributed by atoms with Crippen LogP contribution in [0.15, 0.2) is 30.9 Å². The van der Waals surface area contributed by atoms with Gasteiger partial charge in [-0.3, -0.25) is 0 Å². The average molecular weight is 233 g/mol. The number of hydrogen-bond donors (Lipinski definition) is 2. The maximum Gasteiger partial charge on any atom is 0.335 e. The maximum atomic E-state index is 10.9. The molecule has 0 amide bonds. The van der Waals surface area contributed by atoms with Gasteiger partial charge < -0.3 is 10.8 Å². The number of rotatable bonds is 4. The molecule has 92 valence electrons. The van der Waals surface area contributed by atoms with Gasteiger partial charge in [0, 0.05) is 5.54 Å². The van der Waals surface area contributed by atoms with Crippen molar-refractivity contribution in [2.45, 2.75) is 26.3 Å². The van der Waals surface area contributed by atoms with Gasteiger partial charge in [-0.25, -0.2) is 4.79 Å². The Hall–Kier alpha value is -1.61. The Labute approximate surface area is 102 Å². The second-order valence-corrected chi connectivity index (χ2v) is 4.64. The number of aromatic carboxylic acids is 1. The van der Waals surface area contributed by atoms with Crippen LogP contribution in [0.3, 0.4) is 0 Å². The van der Waals surface area contributed by atoms with Gasteiger partial charge in [-0.05, 0) is 37.0 Å². The number of hydrogen-bond acceptors (Lipinski definition) is 2. The summed E-state index contributed by atoms with van der Waals surface area (Å²) in [4.78, 5) is 10.9. The zero-order chi connectivity index (χ0) is 13.2. The fourth-order valence-electron chi connectivity index (χ4n) is 1.75. The van der Waals surface area contributed by atoms with E-state index in [1.807, 2.05) is 19.9 Å². The molecule has 0 aliphatic carbocycles. The van der Waals surface area contributed by atoms with Crippen LogP contribution in [0, 0.1) is 12.8 Å². The molecule has 1 aromatic rings. The molecular formula is C14H19NO2. The first-order chi connectivity index (χ1) is 7.80. The van der Waals surface area contributed by atoms with Crippen molar-refractivity contribution >= 4 is 5.97 Å². The topological polar surface area (TPSA) is 63.3 Å². The molecule has 0 aliphatic heterocycles. The quantitative estimate of drug-likeness (QED) is 0.786. The van der Waals surface area contributed by atoms with E-state index >= 15 is 0 Å². The maximum absolute atomic E-state index is 10.9. The van der Waals surface area contributed by atoms with Crippen molar-refractivity contribution in [3.8, 4) is 0 Å². The van der Waals surface area contributed by atoms with Crippen LogP contribution in [0.25, 0.3) is 0 Å². The minimum atomic E-state index is -0.912. The van der Waals surface area contributed by atoms with E-state index in [-0.39, 0.29) is 5.92 Å². The largest absolute Gasteiger partial charge is 0.478 e. The van der Waals surface area contributed by atoms with E-state index in [1.54, 1.807) is 25.1 Å². The third-order valence-corrected chi connectivity index (χ3v) is 3.38. The lowest BCUT2D eigenvalue weighted by Gasteiger charge is -2.30. The molecule has 2 unspecified atom stereocenters. The molecule has 0 radical (unpaired) electrons. The first-order valence-corrected chi connectivity index (χ1v) is 5.56. The molecule has 0 bridgehead atoms. The van der Waals surface area contributed by atoms with E-state index in [0.29, 0.717) is 5.56 Å². The summed E-state index contributed by atoms with van der Waals surface area (Å²) in [6, 6.07) is 5.22. The molecule has 17 heavy (non-hydrogen) atoms. The van der Waals surface area contributed by atoms with Crippen LogP contribution in [-0.4, -0.2) is 11.1 Å². The van der Waals surface area contributed by atoms with Gasteiger partial charge in [0.15, 0.2) is 0 Å². The summed E-state index contributed by atoms with van der Waals surface area (Å²) in [6.07, 6.45) is 1.81. The van der Waals surface area contributed by atoms with Gasteiger partial charge >= 0.3 is 5.97 Å². The summed E-state index contributed by atoms with van der Waals surface area (Å²) >= 11 is 0. The number of carboxylic acids is 1. The van der Waals surface area contributed by atoms with E-state index < -0.39 is 11.5 Å². The van der Waals surface area contributed by atoms with E-state index in [4.69, 9.17) is 10.8 Å². The summed E-state index contributed by atoms with van der Waals surface area (Å²) in [5, 5.41) is 8.97. The fourth-order valence-corrected chi connectivity index (χ4v) is 1.75. The van der Waals surface area contributed by atoms with Crippen LogP contribution >= 0.6 is 0 Å². The zero-order valence-corrected chi connectivity index (χ0v) is 10.5. The monoisotopic (exact) mass is 233 g/mol. The Balaban J connectivity index is 3.22. The van der Waals surface area contributed by atoms with Crippen molar-refractivity contribution in [2.24, 2.45) is 11.7 Å². The number of benzene rings is 1. The Morgan fingerprint density at radius 3 is 2.59 bits per heavy atom. The Morgan fingerprint density at radius 1 is 1.59 bits per heavy atom. The number of nitrogens with two attached hydrogens (primary N) is 1. The van der Waals surface area contributed by atoms with Gasteiger partial charge in [-0.15, -0.1) is 6.58 Å². The molecule has 0 saturated carbocycles. The van der Waals surface area contributed by atoms with Crippen molar-refractivity contribution < 1.29 is 9.90 Å². The number of carbonyl (C=O) groups is 1. The van der Waals surface area contributed by atoms with Gasteiger partial charge in [-0.1, -0.05) is 25.1 Å². The van der Waals surface area contributed by atoms with Crippen LogP contribution in [0.5, 0.6) is 0 Å². The number of carboxylic acid groups (broad SMARTS) is 1. The van der Waals surface area contributed by atoms with Gasteiger partial charge in [0.1, 0.15) is 0 Å². The second-order valence-electron chi connectivity index (χ2n) is 4.64. The highest BCUT2D eigenvalue weighted by molar-refractivity contribution is 5.89. The molecule has 2 atom stereocenters. The minimum Gasteiger partial charge on any atom is -0.478 e. The van der Waals surface area contributed by atoms with E-state index in [2.05, 4.69) is 6.58 Å². The third-order valence-electron chi connectivity index (χ3n) is 3.38. The van der Waals surface area contributed by atoms with Gasteiger partial charge in [-0.2, -0.15) is 0 Å². The third kappa shape index (κ3) is 2.56. The average Bonchev–Trinajstić information content (AvgIpc) is 2.27. The van der Waals surface area contributed by atoms with Gasteiger partial charge in [0.25, 0.3) is 0 Å². The van der Waals surface area contributed by atoms with Gasteiger partial charge in [0.2, 0.25) is 0 Å². The van der Waals surface area contributed by atoms with Crippen LogP contribution < -0.4 is 5.73 Å². The van der Waals surface area contributed by atoms with Crippen molar-refractivity contribution in [1.29, 1.82) is 0 Å². The molecule has 1 aromatic carbocycles. The zero-order valence-electron chi connectivity index (χ0n) is 10.5. The highest BCUT2D eigenvalue weighted by atomic mass is 16.4. The normalized spacial score (nSPS) is 16.0. The SMILES string of the molecule is C=CC(C)C(C)(N)c1ccc(C(=O)O)c(C)c1. The Bertz CT molecular complexity index is 450. The smallest absolute Gasteiger partial charge is 0.335 e. The minimum absolute atomic E-state index is 0.109. The standard InChI is InChI=1S/C14H19NO2/c1-5-10(3)14(4,15)11-6-7-12(13(16)17)9(2)8-11/h5-8,10H,1,15H2,2-4H3,(H,16,17). The molecule has 0 fully saturated rings. The van der Waals surface area contributed by atoms with Crippen molar-refractivity contribution in [2.75, 3.05) is 0 Å². The van der Waals surface area contributed by atoms with Crippen LogP contribution in [0.2, 0.25) is 0 Å². The van der Waals surface area contributed by atoms with E-state index in [9.17, 15) is 4.79 Å². The lowest BCUT2D eigenvalue weighted by molar-refractivity contribution is 0.0696. The summed E-state index contributed by atoms with van der Waals surface area (Å²) in [5.41, 5.74) is 7.69. The molecule has 1 rings (SSSR count).